The molecule has 7 heteroatoms. The van der Waals surface area contributed by atoms with Crippen LogP contribution < -0.4 is 10.0 Å². The highest BCUT2D eigenvalue weighted by atomic mass is 32.2. The van der Waals surface area contributed by atoms with E-state index in [9.17, 15) is 13.2 Å². The first-order valence-corrected chi connectivity index (χ1v) is 7.60. The third kappa shape index (κ3) is 4.02. The molecule has 2 rings (SSSR count). The van der Waals surface area contributed by atoms with Crippen molar-refractivity contribution < 1.29 is 13.2 Å². The Morgan fingerprint density at radius 2 is 1.84 bits per heavy atom. The Bertz CT molecular complexity index is 524. The molecule has 1 saturated heterocycles. The Hall–Kier alpha value is -1.44. The van der Waals surface area contributed by atoms with Gasteiger partial charge in [0.15, 0.2) is 0 Å². The fraction of sp³-hybridized carbons (Fsp3) is 0.417. The predicted molar refractivity (Wildman–Crippen MR) is 71.1 cm³/mol. The van der Waals surface area contributed by atoms with Gasteiger partial charge in [0.1, 0.15) is 0 Å². The van der Waals surface area contributed by atoms with Crippen LogP contribution in [0.1, 0.15) is 0 Å². The number of nitrogens with zero attached hydrogens (tertiary/aromatic N) is 1. The second-order valence-corrected chi connectivity index (χ2v) is 6.05. The van der Waals surface area contributed by atoms with E-state index >= 15 is 0 Å². The first-order valence-electron chi connectivity index (χ1n) is 6.12. The fourth-order valence-electron chi connectivity index (χ4n) is 1.91. The molecule has 0 spiro atoms. The molecule has 0 atom stereocenters. The zero-order valence-electron chi connectivity index (χ0n) is 10.5. The van der Waals surface area contributed by atoms with E-state index in [0.717, 1.165) is 26.2 Å². The summed E-state index contributed by atoms with van der Waals surface area (Å²) in [6, 6.07) is 7.88. The van der Waals surface area contributed by atoms with Crippen LogP contribution in [-0.2, 0) is 14.8 Å². The number of carbonyl (C=O) groups is 1. The van der Waals surface area contributed by atoms with Gasteiger partial charge in [-0.25, -0.2) is 13.1 Å². The SMILES string of the molecule is O=C(CN1CCNCC1)NS(=O)(=O)c1ccccc1. The zero-order valence-corrected chi connectivity index (χ0v) is 11.3. The zero-order chi connectivity index (χ0) is 13.7. The molecule has 0 unspecified atom stereocenters. The molecular formula is C12H17N3O3S. The van der Waals surface area contributed by atoms with Crippen molar-refractivity contribution in [3.63, 3.8) is 0 Å². The van der Waals surface area contributed by atoms with E-state index in [0.29, 0.717) is 0 Å². The summed E-state index contributed by atoms with van der Waals surface area (Å²) in [4.78, 5) is 13.8. The topological polar surface area (TPSA) is 78.5 Å². The highest BCUT2D eigenvalue weighted by Crippen LogP contribution is 2.06. The maximum Gasteiger partial charge on any atom is 0.264 e. The van der Waals surface area contributed by atoms with Crippen LogP contribution in [0.3, 0.4) is 0 Å². The van der Waals surface area contributed by atoms with Gasteiger partial charge in [-0.3, -0.25) is 9.69 Å². The van der Waals surface area contributed by atoms with Crippen molar-refractivity contribution in [2.45, 2.75) is 4.90 Å². The summed E-state index contributed by atoms with van der Waals surface area (Å²) in [5.41, 5.74) is 0. The molecule has 1 fully saturated rings. The van der Waals surface area contributed by atoms with Gasteiger partial charge in [0.25, 0.3) is 10.0 Å². The van der Waals surface area contributed by atoms with Crippen molar-refractivity contribution in [1.29, 1.82) is 0 Å². The van der Waals surface area contributed by atoms with Gasteiger partial charge in [-0.1, -0.05) is 18.2 Å². The normalized spacial score (nSPS) is 17.1. The molecule has 19 heavy (non-hydrogen) atoms. The molecule has 1 heterocycles. The van der Waals surface area contributed by atoms with Gasteiger partial charge in [0, 0.05) is 26.2 Å². The second-order valence-electron chi connectivity index (χ2n) is 4.37. The number of hydrogen-bond acceptors (Lipinski definition) is 5. The van der Waals surface area contributed by atoms with Gasteiger partial charge in [-0.2, -0.15) is 0 Å². The first kappa shape index (κ1) is 14.0. The van der Waals surface area contributed by atoms with Crippen molar-refractivity contribution in [3.05, 3.63) is 30.3 Å². The highest BCUT2D eigenvalue weighted by Gasteiger charge is 2.19. The summed E-state index contributed by atoms with van der Waals surface area (Å²) in [6.07, 6.45) is 0. The lowest BCUT2D eigenvalue weighted by Crippen LogP contribution is -2.48. The van der Waals surface area contributed by atoms with Gasteiger partial charge in [0.05, 0.1) is 11.4 Å². The van der Waals surface area contributed by atoms with Crippen LogP contribution >= 0.6 is 0 Å². The quantitative estimate of drug-likeness (QED) is 0.771. The van der Waals surface area contributed by atoms with Gasteiger partial charge < -0.3 is 5.32 Å². The van der Waals surface area contributed by atoms with E-state index in [1.165, 1.54) is 12.1 Å². The third-order valence-electron chi connectivity index (χ3n) is 2.88. The lowest BCUT2D eigenvalue weighted by molar-refractivity contribution is -0.120. The lowest BCUT2D eigenvalue weighted by atomic mass is 10.3. The summed E-state index contributed by atoms with van der Waals surface area (Å²) in [6.45, 7) is 3.24. The summed E-state index contributed by atoms with van der Waals surface area (Å²) in [5.74, 6) is -0.495. The molecular weight excluding hydrogens is 266 g/mol. The third-order valence-corrected chi connectivity index (χ3v) is 4.27. The maximum absolute atomic E-state index is 11.9. The molecule has 0 bridgehead atoms. The van der Waals surface area contributed by atoms with E-state index < -0.39 is 15.9 Å². The second kappa shape index (κ2) is 6.14. The number of amides is 1. The van der Waals surface area contributed by atoms with Crippen LogP contribution in [0.25, 0.3) is 0 Å². The molecule has 1 aromatic rings. The number of carbonyl (C=O) groups excluding carboxylic acids is 1. The molecule has 0 aromatic heterocycles. The minimum Gasteiger partial charge on any atom is -0.314 e. The van der Waals surface area contributed by atoms with Gasteiger partial charge in [-0.05, 0) is 12.1 Å². The molecule has 0 aliphatic carbocycles. The summed E-state index contributed by atoms with van der Waals surface area (Å²) < 4.78 is 25.9. The summed E-state index contributed by atoms with van der Waals surface area (Å²) >= 11 is 0. The number of sulfonamides is 1. The van der Waals surface area contributed by atoms with Crippen LogP contribution in [0.2, 0.25) is 0 Å². The van der Waals surface area contributed by atoms with Crippen molar-refractivity contribution in [3.8, 4) is 0 Å². The molecule has 1 aliphatic rings. The van der Waals surface area contributed by atoms with Crippen LogP contribution in [-0.4, -0.2) is 51.9 Å². The molecule has 104 valence electrons. The maximum atomic E-state index is 11.9. The Morgan fingerprint density at radius 1 is 1.21 bits per heavy atom. The number of rotatable bonds is 4. The van der Waals surface area contributed by atoms with Crippen LogP contribution in [0, 0.1) is 0 Å². The van der Waals surface area contributed by atoms with Crippen molar-refractivity contribution in [1.82, 2.24) is 14.9 Å². The Kier molecular flexibility index (Phi) is 4.52. The Morgan fingerprint density at radius 3 is 2.47 bits per heavy atom. The number of hydrogen-bond donors (Lipinski definition) is 2. The predicted octanol–water partition coefficient (Wildman–Crippen LogP) is -0.603. The van der Waals surface area contributed by atoms with Gasteiger partial charge in [0.2, 0.25) is 5.91 Å². The molecule has 1 aromatic carbocycles. The highest BCUT2D eigenvalue weighted by molar-refractivity contribution is 7.90. The minimum atomic E-state index is -3.75. The number of piperazine rings is 1. The molecule has 6 nitrogen and oxygen atoms in total. The molecule has 0 radical (unpaired) electrons. The molecule has 1 amide bonds. The average molecular weight is 283 g/mol. The van der Waals surface area contributed by atoms with Crippen molar-refractivity contribution in [2.75, 3.05) is 32.7 Å². The average Bonchev–Trinajstić information content (AvgIpc) is 2.40. The van der Waals surface area contributed by atoms with Crippen LogP contribution in [0.15, 0.2) is 35.2 Å². The monoisotopic (exact) mass is 283 g/mol. The smallest absolute Gasteiger partial charge is 0.264 e. The Balaban J connectivity index is 1.94. The van der Waals surface area contributed by atoms with E-state index in [4.69, 9.17) is 0 Å². The summed E-state index contributed by atoms with van der Waals surface area (Å²) in [7, 11) is -3.75. The number of nitrogens with one attached hydrogen (secondary N) is 2. The lowest BCUT2D eigenvalue weighted by Gasteiger charge is -2.26. The van der Waals surface area contributed by atoms with E-state index in [1.54, 1.807) is 18.2 Å². The first-order chi connectivity index (χ1) is 9.08. The standard InChI is InChI=1S/C12H17N3O3S/c16-12(10-15-8-6-13-7-9-15)14-19(17,18)11-4-2-1-3-5-11/h1-5,13H,6-10H2,(H,14,16). The van der Waals surface area contributed by atoms with Crippen molar-refractivity contribution in [2.24, 2.45) is 0 Å². The minimum absolute atomic E-state index is 0.101. The molecule has 1 aliphatic heterocycles. The molecule has 2 N–H and O–H groups in total. The largest absolute Gasteiger partial charge is 0.314 e. The van der Waals surface area contributed by atoms with Crippen LogP contribution in [0.5, 0.6) is 0 Å². The van der Waals surface area contributed by atoms with Crippen LogP contribution in [0.4, 0.5) is 0 Å². The van der Waals surface area contributed by atoms with E-state index in [2.05, 4.69) is 10.0 Å². The fourth-order valence-corrected chi connectivity index (χ4v) is 2.91. The van der Waals surface area contributed by atoms with E-state index in [1.807, 2.05) is 4.90 Å². The number of benzene rings is 1. The molecule has 0 saturated carbocycles. The van der Waals surface area contributed by atoms with Crippen molar-refractivity contribution >= 4 is 15.9 Å². The van der Waals surface area contributed by atoms with Gasteiger partial charge >= 0.3 is 0 Å². The van der Waals surface area contributed by atoms with E-state index in [-0.39, 0.29) is 11.4 Å². The Labute approximate surface area is 112 Å². The summed E-state index contributed by atoms with van der Waals surface area (Å²) in [5, 5.41) is 3.17. The van der Waals surface area contributed by atoms with Gasteiger partial charge in [-0.15, -0.1) is 0 Å².